The number of likely N-dealkylation sites (tertiary alicyclic amines) is 1. The Kier molecular flexibility index (Phi) is 5.00. The number of amides is 1. The molecule has 1 fully saturated rings. The van der Waals surface area contributed by atoms with Crippen molar-refractivity contribution in [1.29, 1.82) is 0 Å². The number of nitrogens with one attached hydrogen (secondary N) is 1. The fourth-order valence-corrected chi connectivity index (χ4v) is 3.69. The molecule has 0 bridgehead atoms. The zero-order chi connectivity index (χ0) is 17.9. The Bertz CT molecular complexity index is 811. The Labute approximate surface area is 157 Å². The first-order chi connectivity index (χ1) is 12.7. The van der Waals surface area contributed by atoms with Crippen LogP contribution in [0.25, 0.3) is 0 Å². The minimum absolute atomic E-state index is 0.0309. The van der Waals surface area contributed by atoms with E-state index >= 15 is 0 Å². The number of benzene rings is 2. The van der Waals surface area contributed by atoms with Crippen molar-refractivity contribution in [1.82, 2.24) is 4.90 Å². The van der Waals surface area contributed by atoms with Gasteiger partial charge in [-0.05, 0) is 43.1 Å². The number of nitrogens with zero attached hydrogens (tertiary/aromatic N) is 1. The molecule has 0 aromatic heterocycles. The summed E-state index contributed by atoms with van der Waals surface area (Å²) in [6.07, 6.45) is 1.90. The van der Waals surface area contributed by atoms with Crippen LogP contribution in [0, 0.1) is 5.92 Å². The van der Waals surface area contributed by atoms with Crippen molar-refractivity contribution in [2.45, 2.75) is 19.4 Å². The van der Waals surface area contributed by atoms with Crippen LogP contribution in [-0.2, 0) is 11.3 Å². The molecular weight excluding hydrogens is 352 g/mol. The Hall–Kier alpha value is -2.24. The summed E-state index contributed by atoms with van der Waals surface area (Å²) in [5.41, 5.74) is 1.84. The van der Waals surface area contributed by atoms with E-state index < -0.39 is 0 Å². The minimum Gasteiger partial charge on any atom is -0.454 e. The molecule has 1 saturated heterocycles. The van der Waals surface area contributed by atoms with E-state index in [2.05, 4.69) is 10.2 Å². The number of carbonyl (C=O) groups is 1. The molecule has 5 nitrogen and oxygen atoms in total. The first-order valence-electron chi connectivity index (χ1n) is 8.85. The lowest BCUT2D eigenvalue weighted by atomic mass is 9.96. The second-order valence-electron chi connectivity index (χ2n) is 6.72. The van der Waals surface area contributed by atoms with E-state index in [1.807, 2.05) is 42.5 Å². The van der Waals surface area contributed by atoms with Gasteiger partial charge in [0.2, 0.25) is 12.7 Å². The topological polar surface area (TPSA) is 50.8 Å². The highest BCUT2D eigenvalue weighted by Crippen LogP contribution is 2.34. The lowest BCUT2D eigenvalue weighted by Crippen LogP contribution is -2.40. The molecule has 0 saturated carbocycles. The lowest BCUT2D eigenvalue weighted by molar-refractivity contribution is -0.121. The average molecular weight is 373 g/mol. The molecule has 0 unspecified atom stereocenters. The molecule has 4 rings (SSSR count). The molecule has 26 heavy (non-hydrogen) atoms. The van der Waals surface area contributed by atoms with Crippen LogP contribution in [-0.4, -0.2) is 30.7 Å². The van der Waals surface area contributed by atoms with Crippen molar-refractivity contribution in [2.24, 2.45) is 5.92 Å². The van der Waals surface area contributed by atoms with Crippen molar-refractivity contribution < 1.29 is 14.3 Å². The van der Waals surface area contributed by atoms with Gasteiger partial charge >= 0.3 is 0 Å². The van der Waals surface area contributed by atoms with E-state index in [1.54, 1.807) is 0 Å². The second-order valence-corrected chi connectivity index (χ2v) is 7.13. The largest absolute Gasteiger partial charge is 0.454 e. The number of carbonyl (C=O) groups excluding carboxylic acids is 1. The lowest BCUT2D eigenvalue weighted by Gasteiger charge is -2.32. The number of hydrogen-bond donors (Lipinski definition) is 1. The molecule has 0 aliphatic carbocycles. The maximum Gasteiger partial charge on any atom is 0.231 e. The molecular formula is C20H21ClN2O3. The van der Waals surface area contributed by atoms with Crippen molar-refractivity contribution in [2.75, 3.05) is 25.2 Å². The zero-order valence-corrected chi connectivity index (χ0v) is 15.2. The maximum atomic E-state index is 12.7. The van der Waals surface area contributed by atoms with Gasteiger partial charge in [-0.1, -0.05) is 29.8 Å². The highest BCUT2D eigenvalue weighted by molar-refractivity contribution is 6.31. The summed E-state index contributed by atoms with van der Waals surface area (Å²) in [6, 6.07) is 13.4. The fraction of sp³-hybridized carbons (Fsp3) is 0.350. The first kappa shape index (κ1) is 17.2. The third kappa shape index (κ3) is 3.79. The fourth-order valence-electron chi connectivity index (χ4n) is 3.50. The van der Waals surface area contributed by atoms with E-state index in [0.717, 1.165) is 48.7 Å². The Morgan fingerprint density at radius 3 is 2.92 bits per heavy atom. The highest BCUT2D eigenvalue weighted by Gasteiger charge is 2.26. The van der Waals surface area contributed by atoms with Crippen LogP contribution < -0.4 is 14.8 Å². The van der Waals surface area contributed by atoms with Crippen LogP contribution in [0.5, 0.6) is 11.5 Å². The standard InChI is InChI=1S/C20H21ClN2O3/c21-17-6-2-1-4-14(17)11-23-9-3-5-15(12-23)20(24)22-16-7-8-18-19(10-16)26-13-25-18/h1-2,4,6-8,10,15H,3,5,9,11-13H2,(H,22,24)/t15-/m0/s1. The van der Waals surface area contributed by atoms with Gasteiger partial charge in [0.15, 0.2) is 11.5 Å². The van der Waals surface area contributed by atoms with Crippen LogP contribution in [0.4, 0.5) is 5.69 Å². The number of halogens is 1. The normalized spacial score (nSPS) is 19.3. The van der Waals surface area contributed by atoms with Gasteiger partial charge < -0.3 is 14.8 Å². The van der Waals surface area contributed by atoms with E-state index in [0.29, 0.717) is 11.5 Å². The minimum atomic E-state index is -0.0309. The summed E-state index contributed by atoms with van der Waals surface area (Å²) in [6.45, 7) is 2.72. The molecule has 1 atom stereocenters. The summed E-state index contributed by atoms with van der Waals surface area (Å²) in [7, 11) is 0. The molecule has 1 amide bonds. The van der Waals surface area contributed by atoms with E-state index in [-0.39, 0.29) is 18.6 Å². The number of anilines is 1. The molecule has 2 aromatic rings. The van der Waals surface area contributed by atoms with Crippen LogP contribution in [0.2, 0.25) is 5.02 Å². The monoisotopic (exact) mass is 372 g/mol. The van der Waals surface area contributed by atoms with Crippen LogP contribution in [0.3, 0.4) is 0 Å². The molecule has 136 valence electrons. The molecule has 0 radical (unpaired) electrons. The Morgan fingerprint density at radius 1 is 1.19 bits per heavy atom. The molecule has 2 heterocycles. The summed E-state index contributed by atoms with van der Waals surface area (Å²) in [4.78, 5) is 15.0. The number of piperidine rings is 1. The number of ether oxygens (including phenoxy) is 2. The van der Waals surface area contributed by atoms with Crippen molar-refractivity contribution >= 4 is 23.2 Å². The number of fused-ring (bicyclic) bond motifs is 1. The second kappa shape index (κ2) is 7.56. The summed E-state index contributed by atoms with van der Waals surface area (Å²) >= 11 is 6.27. The van der Waals surface area contributed by atoms with Crippen molar-refractivity contribution in [3.8, 4) is 11.5 Å². The molecule has 2 aliphatic heterocycles. The van der Waals surface area contributed by atoms with Crippen LogP contribution >= 0.6 is 11.6 Å². The van der Waals surface area contributed by atoms with E-state index in [9.17, 15) is 4.79 Å². The molecule has 2 aromatic carbocycles. The van der Waals surface area contributed by atoms with Gasteiger partial charge in [0.25, 0.3) is 0 Å². The smallest absolute Gasteiger partial charge is 0.231 e. The number of hydrogen-bond acceptors (Lipinski definition) is 4. The van der Waals surface area contributed by atoms with Crippen molar-refractivity contribution in [3.05, 3.63) is 53.1 Å². The predicted molar refractivity (Wildman–Crippen MR) is 101 cm³/mol. The van der Waals surface area contributed by atoms with Gasteiger partial charge in [-0.25, -0.2) is 0 Å². The Morgan fingerprint density at radius 2 is 2.04 bits per heavy atom. The molecule has 1 N–H and O–H groups in total. The van der Waals surface area contributed by atoms with E-state index in [1.165, 1.54) is 0 Å². The highest BCUT2D eigenvalue weighted by atomic mass is 35.5. The van der Waals surface area contributed by atoms with Gasteiger partial charge in [-0.15, -0.1) is 0 Å². The van der Waals surface area contributed by atoms with Crippen LogP contribution in [0.1, 0.15) is 18.4 Å². The van der Waals surface area contributed by atoms with Gasteiger partial charge in [-0.3, -0.25) is 9.69 Å². The SMILES string of the molecule is O=C(Nc1ccc2c(c1)OCO2)[C@H]1CCCN(Cc2ccccc2Cl)C1. The maximum absolute atomic E-state index is 12.7. The third-order valence-corrected chi connectivity index (χ3v) is 5.24. The summed E-state index contributed by atoms with van der Waals surface area (Å²) < 4.78 is 10.7. The zero-order valence-electron chi connectivity index (χ0n) is 14.4. The van der Waals surface area contributed by atoms with Gasteiger partial charge in [-0.2, -0.15) is 0 Å². The van der Waals surface area contributed by atoms with E-state index in [4.69, 9.17) is 21.1 Å². The molecule has 6 heteroatoms. The van der Waals surface area contributed by atoms with Gasteiger partial charge in [0.05, 0.1) is 5.92 Å². The van der Waals surface area contributed by atoms with Gasteiger partial charge in [0, 0.05) is 29.9 Å². The van der Waals surface area contributed by atoms with Crippen molar-refractivity contribution in [3.63, 3.8) is 0 Å². The first-order valence-corrected chi connectivity index (χ1v) is 9.23. The predicted octanol–water partition coefficient (Wildman–Crippen LogP) is 3.92. The summed E-state index contributed by atoms with van der Waals surface area (Å²) in [5.74, 6) is 1.41. The van der Waals surface area contributed by atoms with Gasteiger partial charge in [0.1, 0.15) is 0 Å². The third-order valence-electron chi connectivity index (χ3n) is 4.87. The van der Waals surface area contributed by atoms with Crippen LogP contribution in [0.15, 0.2) is 42.5 Å². The molecule has 0 spiro atoms. The number of rotatable bonds is 4. The average Bonchev–Trinajstić information content (AvgIpc) is 3.12. The Balaban J connectivity index is 1.38. The summed E-state index contributed by atoms with van der Waals surface area (Å²) in [5, 5.41) is 3.79. The quantitative estimate of drug-likeness (QED) is 0.883. The molecule has 2 aliphatic rings.